The van der Waals surface area contributed by atoms with Gasteiger partial charge >= 0.3 is 0 Å². The van der Waals surface area contributed by atoms with E-state index in [0.717, 1.165) is 13.1 Å². The second kappa shape index (κ2) is 5.69. The van der Waals surface area contributed by atoms with Gasteiger partial charge in [-0.2, -0.15) is 0 Å². The fourth-order valence-electron chi connectivity index (χ4n) is 2.02. The fourth-order valence-corrected chi connectivity index (χ4v) is 2.22. The first-order valence-electron chi connectivity index (χ1n) is 5.99. The zero-order chi connectivity index (χ0) is 13.1. The Bertz CT molecular complexity index is 431. The normalized spacial score (nSPS) is 18.7. The predicted molar refractivity (Wildman–Crippen MR) is 70.5 cm³/mol. The fraction of sp³-hybridized carbons (Fsp3) is 0.462. The Morgan fingerprint density at radius 2 is 2.00 bits per heavy atom. The molecule has 1 aliphatic rings. The maximum Gasteiger partial charge on any atom is 0.256 e. The van der Waals surface area contributed by atoms with Crippen LogP contribution in [-0.4, -0.2) is 54.0 Å². The summed E-state index contributed by atoms with van der Waals surface area (Å²) < 4.78 is 0. The summed E-state index contributed by atoms with van der Waals surface area (Å²) in [6.45, 7) is 3.00. The summed E-state index contributed by atoms with van der Waals surface area (Å²) >= 11 is 5.86. The first-order valence-corrected chi connectivity index (χ1v) is 6.36. The average molecular weight is 269 g/mol. The van der Waals surface area contributed by atoms with Gasteiger partial charge in [-0.25, -0.2) is 0 Å². The molecule has 0 radical (unpaired) electrons. The van der Waals surface area contributed by atoms with Crippen molar-refractivity contribution in [2.24, 2.45) is 0 Å². The first kappa shape index (κ1) is 13.3. The topological polar surface area (TPSA) is 43.8 Å². The van der Waals surface area contributed by atoms with E-state index in [-0.39, 0.29) is 5.91 Å². The summed E-state index contributed by atoms with van der Waals surface area (Å²) in [5.41, 5.74) is 0.548. The minimum atomic E-state index is -1.12. The van der Waals surface area contributed by atoms with Crippen molar-refractivity contribution in [3.8, 4) is 0 Å². The highest BCUT2D eigenvalue weighted by Gasteiger charge is 2.26. The third-order valence-electron chi connectivity index (χ3n) is 3.21. The van der Waals surface area contributed by atoms with Crippen molar-refractivity contribution in [2.45, 2.75) is 6.10 Å². The summed E-state index contributed by atoms with van der Waals surface area (Å²) in [6.07, 6.45) is -1.12. The van der Waals surface area contributed by atoms with Crippen LogP contribution in [0.2, 0.25) is 5.02 Å². The molecule has 1 unspecified atom stereocenters. The quantitative estimate of drug-likeness (QED) is 0.875. The van der Waals surface area contributed by atoms with E-state index in [4.69, 9.17) is 11.6 Å². The molecule has 2 rings (SSSR count). The Morgan fingerprint density at radius 3 is 2.61 bits per heavy atom. The van der Waals surface area contributed by atoms with Crippen LogP contribution in [0.3, 0.4) is 0 Å². The Labute approximate surface area is 112 Å². The smallest absolute Gasteiger partial charge is 0.256 e. The van der Waals surface area contributed by atoms with E-state index in [0.29, 0.717) is 23.7 Å². The van der Waals surface area contributed by atoms with Crippen molar-refractivity contribution in [1.82, 2.24) is 9.80 Å². The molecule has 1 saturated heterocycles. The standard InChI is InChI=1S/C13H17ClN2O2/c1-15-5-7-16(8-6-15)13(18)12(17)10-3-2-4-11(14)9-10/h2-4,9,12,17H,5-8H2,1H3. The molecule has 98 valence electrons. The molecule has 1 aliphatic heterocycles. The van der Waals surface area contributed by atoms with Gasteiger partial charge in [0.15, 0.2) is 6.10 Å². The molecular formula is C13H17ClN2O2. The molecule has 1 aromatic rings. The number of carbonyl (C=O) groups is 1. The number of likely N-dealkylation sites (N-methyl/N-ethyl adjacent to an activating group) is 1. The highest BCUT2D eigenvalue weighted by molar-refractivity contribution is 6.30. The van der Waals surface area contributed by atoms with Crippen molar-refractivity contribution in [2.75, 3.05) is 33.2 Å². The summed E-state index contributed by atoms with van der Waals surface area (Å²) in [5, 5.41) is 10.6. The monoisotopic (exact) mass is 268 g/mol. The van der Waals surface area contributed by atoms with Crippen LogP contribution in [0.5, 0.6) is 0 Å². The van der Waals surface area contributed by atoms with E-state index in [1.165, 1.54) is 0 Å². The lowest BCUT2D eigenvalue weighted by Crippen LogP contribution is -2.48. The summed E-state index contributed by atoms with van der Waals surface area (Å²) in [5.74, 6) is -0.245. The summed E-state index contributed by atoms with van der Waals surface area (Å²) in [6, 6.07) is 6.79. The highest BCUT2D eigenvalue weighted by atomic mass is 35.5. The van der Waals surface area contributed by atoms with E-state index in [1.54, 1.807) is 29.2 Å². The van der Waals surface area contributed by atoms with Crippen LogP contribution in [0.15, 0.2) is 24.3 Å². The minimum Gasteiger partial charge on any atom is -0.378 e. The van der Waals surface area contributed by atoms with Gasteiger partial charge in [0.25, 0.3) is 5.91 Å². The number of rotatable bonds is 2. The molecule has 0 spiro atoms. The van der Waals surface area contributed by atoms with Crippen molar-refractivity contribution in [1.29, 1.82) is 0 Å². The zero-order valence-corrected chi connectivity index (χ0v) is 11.1. The van der Waals surface area contributed by atoms with Gasteiger partial charge in [-0.3, -0.25) is 4.79 Å². The number of carbonyl (C=O) groups excluding carboxylic acids is 1. The van der Waals surface area contributed by atoms with Gasteiger partial charge in [0.05, 0.1) is 0 Å². The maximum atomic E-state index is 12.1. The van der Waals surface area contributed by atoms with Crippen molar-refractivity contribution >= 4 is 17.5 Å². The molecular weight excluding hydrogens is 252 g/mol. The highest BCUT2D eigenvalue weighted by Crippen LogP contribution is 2.20. The molecule has 18 heavy (non-hydrogen) atoms. The largest absolute Gasteiger partial charge is 0.378 e. The van der Waals surface area contributed by atoms with Gasteiger partial charge in [0, 0.05) is 31.2 Å². The average Bonchev–Trinajstić information content (AvgIpc) is 2.38. The second-order valence-corrected chi connectivity index (χ2v) is 5.02. The molecule has 0 saturated carbocycles. The molecule has 0 aromatic heterocycles. The second-order valence-electron chi connectivity index (χ2n) is 4.59. The van der Waals surface area contributed by atoms with Gasteiger partial charge in [-0.15, -0.1) is 0 Å². The number of hydrogen-bond donors (Lipinski definition) is 1. The molecule has 1 heterocycles. The van der Waals surface area contributed by atoms with Gasteiger partial charge < -0.3 is 14.9 Å². The zero-order valence-electron chi connectivity index (χ0n) is 10.3. The van der Waals surface area contributed by atoms with Crippen LogP contribution in [0.4, 0.5) is 0 Å². The Hall–Kier alpha value is -1.10. The maximum absolute atomic E-state index is 12.1. The van der Waals surface area contributed by atoms with Crippen LogP contribution in [0, 0.1) is 0 Å². The minimum absolute atomic E-state index is 0.245. The van der Waals surface area contributed by atoms with Gasteiger partial charge in [-0.1, -0.05) is 23.7 Å². The first-order chi connectivity index (χ1) is 8.58. The third-order valence-corrected chi connectivity index (χ3v) is 3.45. The van der Waals surface area contributed by atoms with E-state index in [2.05, 4.69) is 4.90 Å². The summed E-state index contributed by atoms with van der Waals surface area (Å²) in [7, 11) is 2.02. The number of piperazine rings is 1. The van der Waals surface area contributed by atoms with Crippen LogP contribution in [0.25, 0.3) is 0 Å². The van der Waals surface area contributed by atoms with E-state index in [1.807, 2.05) is 7.05 Å². The molecule has 1 aromatic carbocycles. The van der Waals surface area contributed by atoms with Crippen LogP contribution in [-0.2, 0) is 4.79 Å². The SMILES string of the molecule is CN1CCN(C(=O)C(O)c2cccc(Cl)c2)CC1. The van der Waals surface area contributed by atoms with Gasteiger partial charge in [0.1, 0.15) is 0 Å². The number of benzene rings is 1. The van der Waals surface area contributed by atoms with Crippen molar-refractivity contribution < 1.29 is 9.90 Å². The lowest BCUT2D eigenvalue weighted by molar-refractivity contribution is -0.142. The Kier molecular flexibility index (Phi) is 4.22. The molecule has 1 fully saturated rings. The van der Waals surface area contributed by atoms with Crippen LogP contribution < -0.4 is 0 Å². The van der Waals surface area contributed by atoms with Crippen molar-refractivity contribution in [3.63, 3.8) is 0 Å². The predicted octanol–water partition coefficient (Wildman–Crippen LogP) is 1.15. The molecule has 1 amide bonds. The molecule has 4 nitrogen and oxygen atoms in total. The molecule has 0 aliphatic carbocycles. The number of amides is 1. The lowest BCUT2D eigenvalue weighted by atomic mass is 10.1. The molecule has 0 bridgehead atoms. The van der Waals surface area contributed by atoms with Gasteiger partial charge in [-0.05, 0) is 24.7 Å². The van der Waals surface area contributed by atoms with Crippen LogP contribution in [0.1, 0.15) is 11.7 Å². The van der Waals surface area contributed by atoms with E-state index >= 15 is 0 Å². The van der Waals surface area contributed by atoms with E-state index in [9.17, 15) is 9.90 Å². The number of aliphatic hydroxyl groups is 1. The third kappa shape index (κ3) is 3.02. The van der Waals surface area contributed by atoms with E-state index < -0.39 is 6.10 Å². The number of halogens is 1. The molecule has 1 N–H and O–H groups in total. The van der Waals surface area contributed by atoms with Gasteiger partial charge in [0.2, 0.25) is 0 Å². The number of aliphatic hydroxyl groups excluding tert-OH is 1. The number of nitrogens with zero attached hydrogens (tertiary/aromatic N) is 2. The molecule has 1 atom stereocenters. The lowest BCUT2D eigenvalue weighted by Gasteiger charge is -2.33. The Balaban J connectivity index is 2.04. The Morgan fingerprint density at radius 1 is 1.33 bits per heavy atom. The number of hydrogen-bond acceptors (Lipinski definition) is 3. The van der Waals surface area contributed by atoms with Crippen LogP contribution >= 0.6 is 11.6 Å². The van der Waals surface area contributed by atoms with Crippen molar-refractivity contribution in [3.05, 3.63) is 34.9 Å². The molecule has 5 heteroatoms. The summed E-state index contributed by atoms with van der Waals surface area (Å²) in [4.78, 5) is 16.0.